The van der Waals surface area contributed by atoms with Crippen molar-refractivity contribution >= 4 is 23.3 Å². The smallest absolute Gasteiger partial charge is 0.251 e. The van der Waals surface area contributed by atoms with Crippen LogP contribution in [-0.4, -0.2) is 43.1 Å². The molecule has 1 aromatic heterocycles. The fraction of sp³-hybridized carbons (Fsp3) is 0.296. The van der Waals surface area contributed by atoms with E-state index in [1.807, 2.05) is 13.0 Å². The third-order valence-electron chi connectivity index (χ3n) is 6.35. The van der Waals surface area contributed by atoms with Crippen LogP contribution in [-0.2, 0) is 4.79 Å². The van der Waals surface area contributed by atoms with Gasteiger partial charge in [-0.25, -0.2) is 4.98 Å². The van der Waals surface area contributed by atoms with Crippen molar-refractivity contribution in [3.8, 4) is 11.5 Å². The SMILES string of the molecule is CC(=O)Nc1cc(C(=O)N[C@@H](C)c2ccc(C3CN(c4ccc5c(c4)OCCO5)C3)cc2)ccn1. The molecule has 2 aromatic carbocycles. The van der Waals surface area contributed by atoms with Crippen molar-refractivity contribution in [1.82, 2.24) is 10.3 Å². The molecule has 8 heteroatoms. The Morgan fingerprint density at radius 1 is 1.00 bits per heavy atom. The van der Waals surface area contributed by atoms with Crippen molar-refractivity contribution < 1.29 is 19.1 Å². The zero-order chi connectivity index (χ0) is 24.4. The van der Waals surface area contributed by atoms with Crippen LogP contribution in [0.2, 0.25) is 0 Å². The van der Waals surface area contributed by atoms with Gasteiger partial charge in [0.1, 0.15) is 19.0 Å². The van der Waals surface area contributed by atoms with E-state index < -0.39 is 0 Å². The van der Waals surface area contributed by atoms with Crippen molar-refractivity contribution in [2.45, 2.75) is 25.8 Å². The van der Waals surface area contributed by atoms with Crippen molar-refractivity contribution in [2.24, 2.45) is 0 Å². The molecule has 5 rings (SSSR count). The van der Waals surface area contributed by atoms with E-state index in [9.17, 15) is 9.59 Å². The third-order valence-corrected chi connectivity index (χ3v) is 6.35. The predicted molar refractivity (Wildman–Crippen MR) is 133 cm³/mol. The van der Waals surface area contributed by atoms with E-state index >= 15 is 0 Å². The zero-order valence-electron chi connectivity index (χ0n) is 19.8. The number of hydrogen-bond acceptors (Lipinski definition) is 6. The number of nitrogens with one attached hydrogen (secondary N) is 2. The highest BCUT2D eigenvalue weighted by atomic mass is 16.6. The number of amides is 2. The summed E-state index contributed by atoms with van der Waals surface area (Å²) in [5, 5.41) is 5.61. The Morgan fingerprint density at radius 2 is 1.74 bits per heavy atom. The molecule has 0 spiro atoms. The van der Waals surface area contributed by atoms with Gasteiger partial charge in [-0.2, -0.15) is 0 Å². The van der Waals surface area contributed by atoms with E-state index in [2.05, 4.69) is 56.9 Å². The minimum atomic E-state index is -0.232. The summed E-state index contributed by atoms with van der Waals surface area (Å²) in [5.41, 5.74) is 3.91. The molecule has 3 aromatic rings. The summed E-state index contributed by atoms with van der Waals surface area (Å²) in [4.78, 5) is 30.3. The maximum Gasteiger partial charge on any atom is 0.251 e. The maximum absolute atomic E-state index is 12.7. The summed E-state index contributed by atoms with van der Waals surface area (Å²) in [7, 11) is 0. The molecule has 3 heterocycles. The summed E-state index contributed by atoms with van der Waals surface area (Å²) < 4.78 is 11.3. The molecule has 1 saturated heterocycles. The van der Waals surface area contributed by atoms with E-state index in [1.165, 1.54) is 18.7 Å². The molecule has 180 valence electrons. The van der Waals surface area contributed by atoms with Crippen LogP contribution < -0.4 is 25.0 Å². The van der Waals surface area contributed by atoms with Crippen LogP contribution in [0.15, 0.2) is 60.8 Å². The highest BCUT2D eigenvalue weighted by Crippen LogP contribution is 2.38. The Hall–Kier alpha value is -4.07. The molecule has 0 saturated carbocycles. The Morgan fingerprint density at radius 3 is 2.49 bits per heavy atom. The molecule has 2 aliphatic rings. The Balaban J connectivity index is 1.17. The molecule has 2 aliphatic heterocycles. The van der Waals surface area contributed by atoms with Crippen LogP contribution in [0.1, 0.15) is 47.3 Å². The lowest BCUT2D eigenvalue weighted by Crippen LogP contribution is -2.45. The standard InChI is InChI=1S/C27H28N4O4/c1-17(29-27(33)21-9-10-28-26(13-21)30-18(2)32)19-3-5-20(6-4-19)22-15-31(16-22)23-7-8-24-25(14-23)35-12-11-34-24/h3-10,13-14,17,22H,11-12,15-16H2,1-2H3,(H,29,33)(H,28,30,32)/t17-/m0/s1. The van der Waals surface area contributed by atoms with Gasteiger partial charge < -0.3 is 25.0 Å². The first-order valence-electron chi connectivity index (χ1n) is 11.8. The quantitative estimate of drug-likeness (QED) is 0.565. The van der Waals surface area contributed by atoms with Crippen LogP contribution in [0.4, 0.5) is 11.5 Å². The van der Waals surface area contributed by atoms with E-state index in [4.69, 9.17) is 9.47 Å². The number of ether oxygens (including phenoxy) is 2. The number of benzene rings is 2. The lowest BCUT2D eigenvalue weighted by Gasteiger charge is -2.41. The van der Waals surface area contributed by atoms with Gasteiger partial charge in [0, 0.05) is 49.4 Å². The highest BCUT2D eigenvalue weighted by Gasteiger charge is 2.29. The van der Waals surface area contributed by atoms with Crippen molar-refractivity contribution in [3.63, 3.8) is 0 Å². The topological polar surface area (TPSA) is 92.8 Å². The first-order chi connectivity index (χ1) is 17.0. The van der Waals surface area contributed by atoms with Gasteiger partial charge in [0.25, 0.3) is 5.91 Å². The number of nitrogens with zero attached hydrogens (tertiary/aromatic N) is 2. The summed E-state index contributed by atoms with van der Waals surface area (Å²) in [6, 6.07) is 17.6. The van der Waals surface area contributed by atoms with Crippen LogP contribution in [0, 0.1) is 0 Å². The number of hydrogen-bond donors (Lipinski definition) is 2. The normalized spacial score (nSPS) is 15.7. The second kappa shape index (κ2) is 9.66. The average Bonchev–Trinajstić information content (AvgIpc) is 2.83. The predicted octanol–water partition coefficient (Wildman–Crippen LogP) is 3.91. The van der Waals surface area contributed by atoms with Gasteiger partial charge in [-0.3, -0.25) is 9.59 Å². The molecule has 0 aliphatic carbocycles. The van der Waals surface area contributed by atoms with Gasteiger partial charge in [0.05, 0.1) is 6.04 Å². The van der Waals surface area contributed by atoms with Gasteiger partial charge in [-0.05, 0) is 42.3 Å². The first-order valence-corrected chi connectivity index (χ1v) is 11.8. The summed E-state index contributed by atoms with van der Waals surface area (Å²) in [5.74, 6) is 2.00. The molecule has 35 heavy (non-hydrogen) atoms. The average molecular weight is 473 g/mol. The summed E-state index contributed by atoms with van der Waals surface area (Å²) >= 11 is 0. The van der Waals surface area contributed by atoms with E-state index in [0.717, 1.165) is 35.8 Å². The van der Waals surface area contributed by atoms with Crippen LogP contribution in [0.25, 0.3) is 0 Å². The van der Waals surface area contributed by atoms with Crippen LogP contribution >= 0.6 is 0 Å². The third kappa shape index (κ3) is 5.06. The number of pyridine rings is 1. The van der Waals surface area contributed by atoms with Crippen LogP contribution in [0.5, 0.6) is 11.5 Å². The second-order valence-electron chi connectivity index (χ2n) is 8.90. The number of aromatic nitrogens is 1. The fourth-order valence-corrected chi connectivity index (χ4v) is 4.37. The molecule has 2 amide bonds. The molecule has 0 radical (unpaired) electrons. The largest absolute Gasteiger partial charge is 0.486 e. The van der Waals surface area contributed by atoms with Crippen molar-refractivity contribution in [2.75, 3.05) is 36.5 Å². The van der Waals surface area contributed by atoms with Crippen molar-refractivity contribution in [3.05, 3.63) is 77.5 Å². The van der Waals surface area contributed by atoms with Crippen molar-refractivity contribution in [1.29, 1.82) is 0 Å². The van der Waals surface area contributed by atoms with Gasteiger partial charge >= 0.3 is 0 Å². The monoisotopic (exact) mass is 472 g/mol. The van der Waals surface area contributed by atoms with E-state index in [1.54, 1.807) is 12.1 Å². The van der Waals surface area contributed by atoms with E-state index in [-0.39, 0.29) is 17.9 Å². The number of carbonyl (C=O) groups is 2. The number of anilines is 2. The van der Waals surface area contributed by atoms with Gasteiger partial charge in [-0.1, -0.05) is 24.3 Å². The minimum absolute atomic E-state index is 0.162. The highest BCUT2D eigenvalue weighted by molar-refractivity contribution is 5.96. The molecule has 2 N–H and O–H groups in total. The molecular weight excluding hydrogens is 444 g/mol. The number of fused-ring (bicyclic) bond motifs is 1. The minimum Gasteiger partial charge on any atom is -0.486 e. The molecule has 0 unspecified atom stereocenters. The first kappa shape index (κ1) is 22.7. The molecule has 8 nitrogen and oxygen atoms in total. The second-order valence-corrected chi connectivity index (χ2v) is 8.90. The van der Waals surface area contributed by atoms with Crippen LogP contribution in [0.3, 0.4) is 0 Å². The lowest BCUT2D eigenvalue weighted by atomic mass is 9.89. The molecule has 0 bridgehead atoms. The molecule has 1 fully saturated rings. The Kier molecular flexibility index (Phi) is 6.27. The van der Waals surface area contributed by atoms with Gasteiger partial charge in [-0.15, -0.1) is 0 Å². The van der Waals surface area contributed by atoms with Gasteiger partial charge in [0.2, 0.25) is 5.91 Å². The maximum atomic E-state index is 12.7. The Labute approximate surface area is 204 Å². The zero-order valence-corrected chi connectivity index (χ0v) is 19.8. The lowest BCUT2D eigenvalue weighted by molar-refractivity contribution is -0.114. The van der Waals surface area contributed by atoms with E-state index in [0.29, 0.717) is 30.5 Å². The molecule has 1 atom stereocenters. The van der Waals surface area contributed by atoms with Gasteiger partial charge in [0.15, 0.2) is 11.5 Å². The number of carbonyl (C=O) groups excluding carboxylic acids is 2. The summed E-state index contributed by atoms with van der Waals surface area (Å²) in [6.07, 6.45) is 1.51. The molecular formula is C27H28N4O4. The Bertz CT molecular complexity index is 1240. The fourth-order valence-electron chi connectivity index (χ4n) is 4.37. The summed E-state index contributed by atoms with van der Waals surface area (Å²) in [6.45, 7) is 6.44. The number of rotatable bonds is 6.